The van der Waals surface area contributed by atoms with E-state index in [9.17, 15) is 9.90 Å². The maximum Gasteiger partial charge on any atom is 0.149 e. The summed E-state index contributed by atoms with van der Waals surface area (Å²) >= 11 is 3.41. The number of rotatable bonds is 2. The highest BCUT2D eigenvalue weighted by Crippen LogP contribution is 2.33. The van der Waals surface area contributed by atoms with Gasteiger partial charge < -0.3 is 15.2 Å². The van der Waals surface area contributed by atoms with Crippen molar-refractivity contribution in [3.05, 3.63) is 57.1 Å². The molecule has 0 aromatic heterocycles. The van der Waals surface area contributed by atoms with Gasteiger partial charge >= 0.3 is 0 Å². The number of hydrogen-bond donors (Lipinski definition) is 2. The first-order valence-electron chi connectivity index (χ1n) is 6.89. The van der Waals surface area contributed by atoms with E-state index in [1.54, 1.807) is 0 Å². The van der Waals surface area contributed by atoms with E-state index in [0.717, 1.165) is 38.7 Å². The maximum atomic E-state index is 11.4. The SMILES string of the molecule is Cc1cc(C2=NC(C=O)c3cc(Br)ccc3N2)cc(C)c1O. The number of phenolic OH excluding ortho intramolecular Hbond substituents is 1. The highest BCUT2D eigenvalue weighted by atomic mass is 79.9. The standard InChI is InChI=1S/C17H15BrN2O2/c1-9-5-11(6-10(2)16(9)22)17-19-14-4-3-12(18)7-13(14)15(8-21)20-17/h3-8,15,22H,1-2H3,(H,19,20). The van der Waals surface area contributed by atoms with Crippen LogP contribution in [-0.4, -0.2) is 17.2 Å². The van der Waals surface area contributed by atoms with Gasteiger partial charge in [0.25, 0.3) is 0 Å². The second kappa shape index (κ2) is 5.57. The van der Waals surface area contributed by atoms with Gasteiger partial charge in [-0.3, -0.25) is 4.99 Å². The number of halogens is 1. The summed E-state index contributed by atoms with van der Waals surface area (Å²) in [6, 6.07) is 8.93. The summed E-state index contributed by atoms with van der Waals surface area (Å²) in [6.45, 7) is 3.69. The fraction of sp³-hybridized carbons (Fsp3) is 0.176. The van der Waals surface area contributed by atoms with Gasteiger partial charge in [0.2, 0.25) is 0 Å². The first-order chi connectivity index (χ1) is 10.5. The second-order valence-electron chi connectivity index (χ2n) is 5.37. The van der Waals surface area contributed by atoms with Crippen molar-refractivity contribution < 1.29 is 9.90 Å². The molecule has 0 saturated heterocycles. The number of aryl methyl sites for hydroxylation is 2. The molecule has 4 nitrogen and oxygen atoms in total. The van der Waals surface area contributed by atoms with E-state index < -0.39 is 6.04 Å². The van der Waals surface area contributed by atoms with Gasteiger partial charge in [0.15, 0.2) is 0 Å². The smallest absolute Gasteiger partial charge is 0.149 e. The molecule has 1 unspecified atom stereocenters. The highest BCUT2D eigenvalue weighted by molar-refractivity contribution is 9.10. The van der Waals surface area contributed by atoms with Gasteiger partial charge in [-0.25, -0.2) is 0 Å². The van der Waals surface area contributed by atoms with E-state index in [4.69, 9.17) is 0 Å². The van der Waals surface area contributed by atoms with E-state index >= 15 is 0 Å². The summed E-state index contributed by atoms with van der Waals surface area (Å²) in [6.07, 6.45) is 0.840. The number of aliphatic imine (C=N–C) groups is 1. The molecule has 2 aromatic rings. The number of hydrogen-bond acceptors (Lipinski definition) is 4. The van der Waals surface area contributed by atoms with E-state index in [2.05, 4.69) is 26.2 Å². The lowest BCUT2D eigenvalue weighted by atomic mass is 10.0. The minimum absolute atomic E-state index is 0.288. The van der Waals surface area contributed by atoms with Crippen LogP contribution in [0.25, 0.3) is 0 Å². The third-order valence-electron chi connectivity index (χ3n) is 3.75. The van der Waals surface area contributed by atoms with Crippen LogP contribution in [0.15, 0.2) is 39.8 Å². The molecule has 1 aliphatic heterocycles. The number of aromatic hydroxyl groups is 1. The Morgan fingerprint density at radius 1 is 1.23 bits per heavy atom. The Hall–Kier alpha value is -2.14. The van der Waals surface area contributed by atoms with Crippen molar-refractivity contribution in [2.45, 2.75) is 19.9 Å². The van der Waals surface area contributed by atoms with Crippen LogP contribution in [0.1, 0.15) is 28.3 Å². The Labute approximate surface area is 137 Å². The molecular weight excluding hydrogens is 344 g/mol. The van der Waals surface area contributed by atoms with Crippen molar-refractivity contribution in [3.8, 4) is 5.75 Å². The third kappa shape index (κ3) is 2.52. The lowest BCUT2D eigenvalue weighted by molar-refractivity contribution is -0.108. The molecule has 0 radical (unpaired) electrons. The van der Waals surface area contributed by atoms with Gasteiger partial charge in [-0.05, 0) is 55.3 Å². The minimum atomic E-state index is -0.529. The molecule has 0 fully saturated rings. The summed E-state index contributed by atoms with van der Waals surface area (Å²) < 4.78 is 0.912. The monoisotopic (exact) mass is 358 g/mol. The zero-order chi connectivity index (χ0) is 15.9. The Morgan fingerprint density at radius 3 is 2.55 bits per heavy atom. The number of nitrogens with one attached hydrogen (secondary N) is 1. The van der Waals surface area contributed by atoms with Crippen LogP contribution in [0, 0.1) is 13.8 Å². The van der Waals surface area contributed by atoms with E-state index in [1.165, 1.54) is 0 Å². The number of carbonyl (C=O) groups is 1. The molecule has 2 N–H and O–H groups in total. The predicted octanol–water partition coefficient (Wildman–Crippen LogP) is 3.88. The number of fused-ring (bicyclic) bond motifs is 1. The molecule has 0 saturated carbocycles. The second-order valence-corrected chi connectivity index (χ2v) is 6.29. The van der Waals surface area contributed by atoms with Gasteiger partial charge in [-0.15, -0.1) is 0 Å². The number of phenols is 1. The summed E-state index contributed by atoms with van der Waals surface area (Å²) in [5.41, 5.74) is 4.13. The van der Waals surface area contributed by atoms with Gasteiger partial charge in [-0.2, -0.15) is 0 Å². The van der Waals surface area contributed by atoms with Gasteiger partial charge in [0.05, 0.1) is 0 Å². The first-order valence-corrected chi connectivity index (χ1v) is 7.69. The summed E-state index contributed by atoms with van der Waals surface area (Å²) in [5, 5.41) is 13.2. The number of carbonyl (C=O) groups excluding carboxylic acids is 1. The molecule has 0 spiro atoms. The molecule has 1 aliphatic rings. The van der Waals surface area contributed by atoms with Crippen LogP contribution in [0.2, 0.25) is 0 Å². The van der Waals surface area contributed by atoms with Gasteiger partial charge in [0, 0.05) is 21.3 Å². The molecule has 5 heteroatoms. The zero-order valence-electron chi connectivity index (χ0n) is 12.2. The molecular formula is C17H15BrN2O2. The first kappa shape index (κ1) is 14.8. The van der Waals surface area contributed by atoms with Crippen LogP contribution >= 0.6 is 15.9 Å². The van der Waals surface area contributed by atoms with E-state index in [1.807, 2.05) is 44.2 Å². The topological polar surface area (TPSA) is 61.7 Å². The average Bonchev–Trinajstić information content (AvgIpc) is 2.51. The summed E-state index contributed by atoms with van der Waals surface area (Å²) in [7, 11) is 0. The lowest BCUT2D eigenvalue weighted by Gasteiger charge is -2.23. The van der Waals surface area contributed by atoms with Crippen molar-refractivity contribution in [2.75, 3.05) is 5.32 Å². The number of anilines is 1. The number of amidine groups is 1. The molecule has 0 amide bonds. The third-order valence-corrected chi connectivity index (χ3v) is 4.24. The largest absolute Gasteiger partial charge is 0.507 e. The van der Waals surface area contributed by atoms with Crippen molar-refractivity contribution in [1.29, 1.82) is 0 Å². The highest BCUT2D eigenvalue weighted by Gasteiger charge is 2.22. The number of benzene rings is 2. The molecule has 1 atom stereocenters. The van der Waals surface area contributed by atoms with E-state index in [0.29, 0.717) is 5.84 Å². The average molecular weight is 359 g/mol. The fourth-order valence-electron chi connectivity index (χ4n) is 2.60. The number of aldehydes is 1. The molecule has 2 aromatic carbocycles. The van der Waals surface area contributed by atoms with Crippen LogP contribution in [0.5, 0.6) is 5.75 Å². The summed E-state index contributed by atoms with van der Waals surface area (Å²) in [5.74, 6) is 0.926. The molecule has 0 aliphatic carbocycles. The minimum Gasteiger partial charge on any atom is -0.507 e. The molecule has 1 heterocycles. The van der Waals surface area contributed by atoms with Crippen LogP contribution in [0.3, 0.4) is 0 Å². The van der Waals surface area contributed by atoms with Crippen LogP contribution in [0.4, 0.5) is 5.69 Å². The summed E-state index contributed by atoms with van der Waals surface area (Å²) in [4.78, 5) is 15.9. The van der Waals surface area contributed by atoms with Gasteiger partial charge in [0.1, 0.15) is 23.9 Å². The normalized spacial score (nSPS) is 16.5. The number of nitrogens with zero attached hydrogens (tertiary/aromatic N) is 1. The Bertz CT molecular complexity index is 776. The Morgan fingerprint density at radius 2 is 1.91 bits per heavy atom. The van der Waals surface area contributed by atoms with E-state index in [-0.39, 0.29) is 5.75 Å². The predicted molar refractivity (Wildman–Crippen MR) is 90.7 cm³/mol. The molecule has 112 valence electrons. The van der Waals surface area contributed by atoms with Crippen LogP contribution in [-0.2, 0) is 4.79 Å². The van der Waals surface area contributed by atoms with Crippen molar-refractivity contribution in [1.82, 2.24) is 0 Å². The Kier molecular flexibility index (Phi) is 3.74. The molecule has 3 rings (SSSR count). The quantitative estimate of drug-likeness (QED) is 0.800. The Balaban J connectivity index is 2.09. The van der Waals surface area contributed by atoms with Crippen molar-refractivity contribution in [3.63, 3.8) is 0 Å². The van der Waals surface area contributed by atoms with Gasteiger partial charge in [-0.1, -0.05) is 15.9 Å². The lowest BCUT2D eigenvalue weighted by Crippen LogP contribution is -2.22. The van der Waals surface area contributed by atoms with Crippen molar-refractivity contribution in [2.24, 2.45) is 4.99 Å². The zero-order valence-corrected chi connectivity index (χ0v) is 13.8. The van der Waals surface area contributed by atoms with Crippen LogP contribution < -0.4 is 5.32 Å². The molecule has 0 bridgehead atoms. The van der Waals surface area contributed by atoms with Crippen molar-refractivity contribution >= 4 is 33.7 Å². The molecule has 22 heavy (non-hydrogen) atoms. The fourth-order valence-corrected chi connectivity index (χ4v) is 2.98. The maximum absolute atomic E-state index is 11.4.